The third-order valence-electron chi connectivity index (χ3n) is 4.24. The summed E-state index contributed by atoms with van der Waals surface area (Å²) in [5.41, 5.74) is 8.14. The predicted octanol–water partition coefficient (Wildman–Crippen LogP) is 2.28. The van der Waals surface area contributed by atoms with Crippen LogP contribution >= 0.6 is 0 Å². The fourth-order valence-corrected chi connectivity index (χ4v) is 3.84. The molecule has 4 rings (SSSR count). The molecule has 3 N–H and O–H groups in total. The van der Waals surface area contributed by atoms with E-state index in [4.69, 9.17) is 10.5 Å². The minimum atomic E-state index is -4.40. The van der Waals surface area contributed by atoms with Gasteiger partial charge in [-0.3, -0.25) is 4.55 Å². The first kappa shape index (κ1) is 16.4. The highest BCUT2D eigenvalue weighted by Gasteiger charge is 2.25. The monoisotopic (exact) mass is 365 g/mol. The molecule has 130 valence electrons. The van der Waals surface area contributed by atoms with Gasteiger partial charge in [-0.1, -0.05) is 36.9 Å². The van der Waals surface area contributed by atoms with Crippen LogP contribution < -0.4 is 20.9 Å². The van der Waals surface area contributed by atoms with Gasteiger partial charge in [-0.2, -0.15) is 8.42 Å². The molecule has 1 aliphatic heterocycles. The predicted molar refractivity (Wildman–Crippen MR) is 100 cm³/mol. The summed E-state index contributed by atoms with van der Waals surface area (Å²) in [5.74, 6) is 1.07. The number of ether oxygens (including phenoxy) is 1. The van der Waals surface area contributed by atoms with E-state index >= 15 is 0 Å². The summed E-state index contributed by atoms with van der Waals surface area (Å²) < 4.78 is 39.5. The van der Waals surface area contributed by atoms with Gasteiger partial charge in [-0.25, -0.2) is 0 Å². The molecule has 0 atom stereocenters. The fourth-order valence-electron chi connectivity index (χ4n) is 3.14. The molecule has 0 saturated carbocycles. The molecular formula is C20H15NO4S. The Hall–Kier alpha value is -3.09. The molecule has 6 heteroatoms. The van der Waals surface area contributed by atoms with Gasteiger partial charge >= 0.3 is 0 Å². The van der Waals surface area contributed by atoms with Gasteiger partial charge in [0.15, 0.2) is 0 Å². The SMILES string of the molecule is C=c1ccc2c(c1)Oc1cc(N)ccc1C=2c1ccccc1S(=O)(=O)O. The van der Waals surface area contributed by atoms with Gasteiger partial charge in [-0.05, 0) is 29.5 Å². The summed E-state index contributed by atoms with van der Waals surface area (Å²) in [6, 6.07) is 16.9. The Balaban J connectivity index is 2.19. The lowest BCUT2D eigenvalue weighted by Crippen LogP contribution is -2.20. The van der Waals surface area contributed by atoms with E-state index < -0.39 is 10.1 Å². The van der Waals surface area contributed by atoms with Crippen molar-refractivity contribution in [2.75, 3.05) is 5.73 Å². The minimum Gasteiger partial charge on any atom is -0.456 e. The molecule has 0 fully saturated rings. The smallest absolute Gasteiger partial charge is 0.295 e. The minimum absolute atomic E-state index is 0.163. The van der Waals surface area contributed by atoms with Crippen molar-refractivity contribution in [1.82, 2.24) is 0 Å². The molecule has 0 saturated heterocycles. The van der Waals surface area contributed by atoms with Gasteiger partial charge in [0.2, 0.25) is 0 Å². The normalized spacial score (nSPS) is 12.9. The van der Waals surface area contributed by atoms with Crippen LogP contribution in [0.2, 0.25) is 0 Å². The highest BCUT2D eigenvalue weighted by molar-refractivity contribution is 7.86. The number of benzene rings is 3. The molecule has 0 radical (unpaired) electrons. The molecule has 1 heterocycles. The van der Waals surface area contributed by atoms with Gasteiger partial charge in [0.05, 0.1) is 0 Å². The quantitative estimate of drug-likeness (QED) is 0.420. The fraction of sp³-hybridized carbons (Fsp3) is 0. The highest BCUT2D eigenvalue weighted by atomic mass is 32.2. The Morgan fingerprint density at radius 2 is 1.69 bits per heavy atom. The van der Waals surface area contributed by atoms with Gasteiger partial charge in [0.1, 0.15) is 16.4 Å². The molecule has 0 aliphatic carbocycles. The number of rotatable bonds is 2. The molecule has 1 aliphatic rings. The van der Waals surface area contributed by atoms with Crippen LogP contribution in [0.25, 0.3) is 12.2 Å². The zero-order valence-corrected chi connectivity index (χ0v) is 14.5. The molecule has 0 unspecified atom stereocenters. The lowest BCUT2D eigenvalue weighted by atomic mass is 9.92. The van der Waals surface area contributed by atoms with Crippen LogP contribution in [-0.2, 0) is 10.1 Å². The number of hydrogen-bond donors (Lipinski definition) is 2. The maximum atomic E-state index is 11.9. The first-order valence-corrected chi connectivity index (χ1v) is 9.26. The Kier molecular flexibility index (Phi) is 3.61. The van der Waals surface area contributed by atoms with Crippen molar-refractivity contribution in [3.05, 3.63) is 82.2 Å². The topological polar surface area (TPSA) is 89.6 Å². The Morgan fingerprint density at radius 3 is 2.46 bits per heavy atom. The second-order valence-electron chi connectivity index (χ2n) is 6.03. The van der Waals surface area contributed by atoms with E-state index in [1.165, 1.54) is 6.07 Å². The third kappa shape index (κ3) is 2.65. The van der Waals surface area contributed by atoms with Crippen molar-refractivity contribution in [3.8, 4) is 11.5 Å². The first-order valence-electron chi connectivity index (χ1n) is 7.82. The molecule has 3 aromatic rings. The number of nitrogen functional groups attached to an aromatic ring is 1. The van der Waals surface area contributed by atoms with E-state index in [0.717, 1.165) is 5.22 Å². The second-order valence-corrected chi connectivity index (χ2v) is 7.42. The van der Waals surface area contributed by atoms with Gasteiger partial charge in [-0.15, -0.1) is 0 Å². The lowest BCUT2D eigenvalue weighted by molar-refractivity contribution is 0.471. The van der Waals surface area contributed by atoms with Crippen LogP contribution in [0.3, 0.4) is 0 Å². The average molecular weight is 365 g/mol. The highest BCUT2D eigenvalue weighted by Crippen LogP contribution is 2.38. The molecule has 0 aromatic heterocycles. The van der Waals surface area contributed by atoms with Crippen molar-refractivity contribution < 1.29 is 17.7 Å². The zero-order valence-electron chi connectivity index (χ0n) is 13.6. The van der Waals surface area contributed by atoms with E-state index in [-0.39, 0.29) is 4.90 Å². The lowest BCUT2D eigenvalue weighted by Gasteiger charge is -2.22. The zero-order chi connectivity index (χ0) is 18.5. The molecule has 0 bridgehead atoms. The standard InChI is InChI=1S/C20H15NO4S/c1-12-6-8-14-17(10-12)25-18-11-13(21)7-9-15(18)20(14)16-4-2-3-5-19(16)26(22,23)24/h2-11H,1,21H2,(H,22,23,24). The molecule has 26 heavy (non-hydrogen) atoms. The van der Waals surface area contributed by atoms with Crippen molar-refractivity contribution in [3.63, 3.8) is 0 Å². The molecule has 0 spiro atoms. The van der Waals surface area contributed by atoms with Crippen LogP contribution in [-0.4, -0.2) is 13.0 Å². The third-order valence-corrected chi connectivity index (χ3v) is 5.16. The van der Waals surface area contributed by atoms with E-state index in [1.807, 2.05) is 12.1 Å². The Morgan fingerprint density at radius 1 is 0.923 bits per heavy atom. The molecular weight excluding hydrogens is 350 g/mol. The summed E-state index contributed by atoms with van der Waals surface area (Å²) >= 11 is 0. The van der Waals surface area contributed by atoms with E-state index in [9.17, 15) is 13.0 Å². The number of nitrogens with two attached hydrogens (primary N) is 1. The van der Waals surface area contributed by atoms with E-state index in [0.29, 0.717) is 39.1 Å². The van der Waals surface area contributed by atoms with Crippen molar-refractivity contribution in [2.24, 2.45) is 0 Å². The van der Waals surface area contributed by atoms with Crippen LogP contribution in [0.5, 0.6) is 11.5 Å². The van der Waals surface area contributed by atoms with Crippen molar-refractivity contribution >= 4 is 28.0 Å². The summed E-state index contributed by atoms with van der Waals surface area (Å²) in [7, 11) is -4.40. The molecule has 0 amide bonds. The van der Waals surface area contributed by atoms with Crippen molar-refractivity contribution in [2.45, 2.75) is 4.90 Å². The van der Waals surface area contributed by atoms with E-state index in [1.54, 1.807) is 42.5 Å². The van der Waals surface area contributed by atoms with Crippen LogP contribution in [0, 0.1) is 0 Å². The summed E-state index contributed by atoms with van der Waals surface area (Å²) in [6.45, 7) is 3.91. The van der Waals surface area contributed by atoms with Crippen LogP contribution in [0.15, 0.2) is 65.6 Å². The Labute approximate surface area is 150 Å². The first-order chi connectivity index (χ1) is 12.3. The Bertz CT molecular complexity index is 1260. The van der Waals surface area contributed by atoms with Gasteiger partial charge in [0, 0.05) is 33.7 Å². The number of anilines is 1. The maximum absolute atomic E-state index is 11.9. The number of fused-ring (bicyclic) bond motifs is 2. The number of hydrogen-bond acceptors (Lipinski definition) is 4. The average Bonchev–Trinajstić information content (AvgIpc) is 2.58. The van der Waals surface area contributed by atoms with Crippen LogP contribution in [0.4, 0.5) is 5.69 Å². The van der Waals surface area contributed by atoms with Gasteiger partial charge < -0.3 is 10.5 Å². The summed E-state index contributed by atoms with van der Waals surface area (Å²) in [4.78, 5) is -0.163. The second kappa shape index (κ2) is 5.72. The summed E-state index contributed by atoms with van der Waals surface area (Å²) in [6.07, 6.45) is 0. The molecule has 3 aromatic carbocycles. The largest absolute Gasteiger partial charge is 0.456 e. The van der Waals surface area contributed by atoms with E-state index in [2.05, 4.69) is 6.58 Å². The van der Waals surface area contributed by atoms with Crippen LogP contribution in [0.1, 0.15) is 11.1 Å². The summed E-state index contributed by atoms with van der Waals surface area (Å²) in [5, 5.41) is 1.48. The maximum Gasteiger partial charge on any atom is 0.295 e. The van der Waals surface area contributed by atoms with Crippen molar-refractivity contribution in [1.29, 1.82) is 0 Å². The van der Waals surface area contributed by atoms with Gasteiger partial charge in [0.25, 0.3) is 10.1 Å². The molecule has 5 nitrogen and oxygen atoms in total.